The Morgan fingerprint density at radius 3 is 3.06 bits per heavy atom. The number of hydrogen-bond donors (Lipinski definition) is 3. The molecule has 0 unspecified atom stereocenters. The van der Waals surface area contributed by atoms with Crippen molar-refractivity contribution in [2.24, 2.45) is 0 Å². The van der Waals surface area contributed by atoms with Gasteiger partial charge in [0, 0.05) is 12.2 Å². The van der Waals surface area contributed by atoms with E-state index in [9.17, 15) is 4.79 Å². The predicted octanol–water partition coefficient (Wildman–Crippen LogP) is 1.62. The number of halogens is 1. The van der Waals surface area contributed by atoms with E-state index >= 15 is 0 Å². The number of hydrogen-bond acceptors (Lipinski definition) is 4. The van der Waals surface area contributed by atoms with E-state index < -0.39 is 0 Å². The van der Waals surface area contributed by atoms with E-state index in [4.69, 9.17) is 17.3 Å². The summed E-state index contributed by atoms with van der Waals surface area (Å²) in [6.07, 6.45) is 1.30. The zero-order valence-corrected chi connectivity index (χ0v) is 9.66. The van der Waals surface area contributed by atoms with E-state index in [-0.39, 0.29) is 10.6 Å². The second kappa shape index (κ2) is 4.88. The molecule has 6 heteroatoms. The summed E-state index contributed by atoms with van der Waals surface area (Å²) >= 11 is 5.80. The highest BCUT2D eigenvalue weighted by atomic mass is 35.5. The molecule has 1 aromatic carbocycles. The fourth-order valence-corrected chi connectivity index (χ4v) is 1.57. The standard InChI is InChI=1S/C11H11ClN4O/c12-9-10(15-6-16-11(9)17)14-5-7-2-1-3-8(13)4-7/h1-4,6H,5,13H2,(H2,14,15,16,17). The summed E-state index contributed by atoms with van der Waals surface area (Å²) in [4.78, 5) is 17.6. The molecule has 88 valence electrons. The summed E-state index contributed by atoms with van der Waals surface area (Å²) in [7, 11) is 0. The molecule has 0 fully saturated rings. The van der Waals surface area contributed by atoms with Crippen molar-refractivity contribution in [3.05, 3.63) is 51.5 Å². The molecule has 2 aromatic rings. The first-order valence-electron chi connectivity index (χ1n) is 4.98. The minimum Gasteiger partial charge on any atom is -0.399 e. The number of nitrogens with zero attached hydrogens (tertiary/aromatic N) is 1. The van der Waals surface area contributed by atoms with Crippen LogP contribution in [-0.2, 0) is 6.54 Å². The second-order valence-corrected chi connectivity index (χ2v) is 3.87. The summed E-state index contributed by atoms with van der Waals surface area (Å²) in [5.41, 5.74) is 6.97. The molecule has 2 rings (SSSR count). The van der Waals surface area contributed by atoms with Gasteiger partial charge in [0.2, 0.25) is 0 Å². The lowest BCUT2D eigenvalue weighted by molar-refractivity contribution is 1.06. The van der Waals surface area contributed by atoms with Gasteiger partial charge in [-0.25, -0.2) is 4.98 Å². The van der Waals surface area contributed by atoms with E-state index in [1.54, 1.807) is 0 Å². The summed E-state index contributed by atoms with van der Waals surface area (Å²) in [5, 5.41) is 3.03. The van der Waals surface area contributed by atoms with Crippen LogP contribution in [0, 0.1) is 0 Å². The van der Waals surface area contributed by atoms with Crippen LogP contribution in [0.15, 0.2) is 35.4 Å². The van der Waals surface area contributed by atoms with Gasteiger partial charge in [0.05, 0.1) is 6.33 Å². The van der Waals surface area contributed by atoms with Crippen LogP contribution in [0.3, 0.4) is 0 Å². The fraction of sp³-hybridized carbons (Fsp3) is 0.0909. The van der Waals surface area contributed by atoms with Gasteiger partial charge in [-0.1, -0.05) is 23.7 Å². The molecule has 17 heavy (non-hydrogen) atoms. The van der Waals surface area contributed by atoms with E-state index in [1.807, 2.05) is 24.3 Å². The maximum atomic E-state index is 11.2. The average Bonchev–Trinajstić information content (AvgIpc) is 2.31. The number of benzene rings is 1. The third-order valence-corrected chi connectivity index (χ3v) is 2.56. The van der Waals surface area contributed by atoms with E-state index in [1.165, 1.54) is 6.33 Å². The predicted molar refractivity (Wildman–Crippen MR) is 68.0 cm³/mol. The van der Waals surface area contributed by atoms with E-state index in [0.29, 0.717) is 18.1 Å². The van der Waals surface area contributed by atoms with E-state index in [0.717, 1.165) is 5.56 Å². The van der Waals surface area contributed by atoms with Gasteiger partial charge in [0.25, 0.3) is 5.56 Å². The Morgan fingerprint density at radius 1 is 1.47 bits per heavy atom. The van der Waals surface area contributed by atoms with E-state index in [2.05, 4.69) is 15.3 Å². The molecule has 0 bridgehead atoms. The maximum absolute atomic E-state index is 11.2. The lowest BCUT2D eigenvalue weighted by atomic mass is 10.2. The van der Waals surface area contributed by atoms with Gasteiger partial charge in [-0.3, -0.25) is 4.79 Å². The highest BCUT2D eigenvalue weighted by Gasteiger charge is 2.04. The van der Waals surface area contributed by atoms with Gasteiger partial charge in [0.15, 0.2) is 5.82 Å². The maximum Gasteiger partial charge on any atom is 0.271 e. The van der Waals surface area contributed by atoms with Crippen LogP contribution in [0.25, 0.3) is 0 Å². The Bertz CT molecular complexity index is 582. The van der Waals surface area contributed by atoms with Gasteiger partial charge < -0.3 is 16.0 Å². The quantitative estimate of drug-likeness (QED) is 0.723. The molecule has 0 aliphatic heterocycles. The van der Waals surface area contributed by atoms with Crippen molar-refractivity contribution in [3.63, 3.8) is 0 Å². The number of rotatable bonds is 3. The topological polar surface area (TPSA) is 83.8 Å². The lowest BCUT2D eigenvalue weighted by Crippen LogP contribution is -2.11. The fourth-order valence-electron chi connectivity index (χ4n) is 1.40. The summed E-state index contributed by atoms with van der Waals surface area (Å²) in [5.74, 6) is 0.359. The molecule has 5 nitrogen and oxygen atoms in total. The summed E-state index contributed by atoms with van der Waals surface area (Å²) in [6, 6.07) is 7.43. The van der Waals surface area contributed by atoms with Gasteiger partial charge in [-0.15, -0.1) is 0 Å². The Labute approximate surface area is 103 Å². The molecule has 0 saturated carbocycles. The number of aromatic amines is 1. The van der Waals surface area contributed by atoms with Crippen molar-refractivity contribution in [1.29, 1.82) is 0 Å². The van der Waals surface area contributed by atoms with Crippen LogP contribution < -0.4 is 16.6 Å². The number of aromatic nitrogens is 2. The smallest absolute Gasteiger partial charge is 0.271 e. The van der Waals surface area contributed by atoms with Gasteiger partial charge in [-0.05, 0) is 17.7 Å². The monoisotopic (exact) mass is 250 g/mol. The molecular formula is C11H11ClN4O. The Hall–Kier alpha value is -2.01. The van der Waals surface area contributed by atoms with Crippen LogP contribution in [0.1, 0.15) is 5.56 Å². The molecule has 0 atom stereocenters. The van der Waals surface area contributed by atoms with Crippen molar-refractivity contribution >= 4 is 23.1 Å². The molecule has 0 amide bonds. The van der Waals surface area contributed by atoms with Crippen LogP contribution in [0.2, 0.25) is 5.02 Å². The van der Waals surface area contributed by atoms with Crippen molar-refractivity contribution < 1.29 is 0 Å². The molecule has 0 aliphatic carbocycles. The van der Waals surface area contributed by atoms with Crippen LogP contribution in [-0.4, -0.2) is 9.97 Å². The summed E-state index contributed by atoms with van der Waals surface area (Å²) in [6.45, 7) is 0.501. The number of H-pyrrole nitrogens is 1. The normalized spacial score (nSPS) is 10.2. The zero-order valence-electron chi connectivity index (χ0n) is 8.90. The van der Waals surface area contributed by atoms with Gasteiger partial charge in [0.1, 0.15) is 5.02 Å². The van der Waals surface area contributed by atoms with Gasteiger partial charge >= 0.3 is 0 Å². The number of anilines is 2. The molecule has 0 saturated heterocycles. The Morgan fingerprint density at radius 2 is 2.29 bits per heavy atom. The first-order chi connectivity index (χ1) is 8.16. The van der Waals surface area contributed by atoms with Crippen LogP contribution in [0.5, 0.6) is 0 Å². The number of nitrogen functional groups attached to an aromatic ring is 1. The molecule has 0 aliphatic rings. The minimum absolute atomic E-state index is 0.0522. The molecule has 1 aromatic heterocycles. The number of nitrogens with one attached hydrogen (secondary N) is 2. The number of nitrogens with two attached hydrogens (primary N) is 1. The summed E-state index contributed by atoms with van der Waals surface area (Å²) < 4.78 is 0. The van der Waals surface area contributed by atoms with Crippen LogP contribution >= 0.6 is 11.6 Å². The van der Waals surface area contributed by atoms with Crippen LogP contribution in [0.4, 0.5) is 11.5 Å². The Kier molecular flexibility index (Phi) is 3.30. The molecule has 0 radical (unpaired) electrons. The second-order valence-electron chi connectivity index (χ2n) is 3.49. The third kappa shape index (κ3) is 2.76. The van der Waals surface area contributed by atoms with Gasteiger partial charge in [-0.2, -0.15) is 0 Å². The highest BCUT2D eigenvalue weighted by Crippen LogP contribution is 2.14. The molecule has 0 spiro atoms. The first-order valence-corrected chi connectivity index (χ1v) is 5.36. The minimum atomic E-state index is -0.364. The van der Waals surface area contributed by atoms with Crippen molar-refractivity contribution in [1.82, 2.24) is 9.97 Å². The first kappa shape index (κ1) is 11.5. The zero-order chi connectivity index (χ0) is 12.3. The Balaban J connectivity index is 2.13. The van der Waals surface area contributed by atoms with Crippen molar-refractivity contribution in [3.8, 4) is 0 Å². The van der Waals surface area contributed by atoms with Crippen molar-refractivity contribution in [2.75, 3.05) is 11.1 Å². The largest absolute Gasteiger partial charge is 0.399 e. The molecule has 1 heterocycles. The third-order valence-electron chi connectivity index (χ3n) is 2.21. The highest BCUT2D eigenvalue weighted by molar-refractivity contribution is 6.32. The molecular weight excluding hydrogens is 240 g/mol. The molecule has 4 N–H and O–H groups in total. The van der Waals surface area contributed by atoms with Crippen molar-refractivity contribution in [2.45, 2.75) is 6.54 Å². The average molecular weight is 251 g/mol. The SMILES string of the molecule is Nc1cccc(CNc2nc[nH]c(=O)c2Cl)c1. The lowest BCUT2D eigenvalue weighted by Gasteiger charge is -2.06.